The average molecular weight is 504 g/mol. The number of morpholine rings is 1. The Hall–Kier alpha value is -2.39. The Bertz CT molecular complexity index is 1040. The topological polar surface area (TPSA) is 71.3 Å². The van der Waals surface area contributed by atoms with Gasteiger partial charge in [0.2, 0.25) is 0 Å². The lowest BCUT2D eigenvalue weighted by Gasteiger charge is -2.38. The number of aromatic nitrogens is 2. The van der Waals surface area contributed by atoms with E-state index in [-0.39, 0.29) is 12.2 Å². The molecule has 0 aromatic carbocycles. The third kappa shape index (κ3) is 6.48. The van der Waals surface area contributed by atoms with Crippen molar-refractivity contribution in [3.05, 3.63) is 29.7 Å². The largest absolute Gasteiger partial charge is 0.444 e. The fraction of sp³-hybridized carbons (Fsp3) is 0.704. The highest BCUT2D eigenvalue weighted by Gasteiger charge is 2.30. The number of likely N-dealkylation sites (tertiary alicyclic amines) is 1. The van der Waals surface area contributed by atoms with E-state index in [2.05, 4.69) is 29.0 Å². The maximum Gasteiger partial charge on any atom is 0.410 e. The van der Waals surface area contributed by atoms with Gasteiger partial charge in [0.15, 0.2) is 5.65 Å². The summed E-state index contributed by atoms with van der Waals surface area (Å²) in [5.74, 6) is 0.300. The molecule has 2 fully saturated rings. The molecule has 0 bridgehead atoms. The van der Waals surface area contributed by atoms with Crippen LogP contribution in [-0.2, 0) is 9.47 Å². The molecule has 1 N–H and O–H groups in total. The highest BCUT2D eigenvalue weighted by Crippen LogP contribution is 2.29. The SMILES string of the molecule is CC(C)c1cnc2c(NC3CCN(C[C@@H]4CN(C(=O)OC(C)(C)C)CCO4)CC3)cc(C(C)F)cn12. The van der Waals surface area contributed by atoms with Gasteiger partial charge in [-0.05, 0) is 52.5 Å². The number of nitrogens with zero attached hydrogens (tertiary/aromatic N) is 4. The molecular weight excluding hydrogens is 461 g/mol. The number of carbonyl (C=O) groups is 1. The number of carbonyl (C=O) groups excluding carboxylic acids is 1. The van der Waals surface area contributed by atoms with Gasteiger partial charge in [-0.2, -0.15) is 0 Å². The minimum absolute atomic E-state index is 0.0162. The molecular formula is C27H42FN5O3. The maximum absolute atomic E-state index is 14.3. The number of alkyl halides is 1. The molecule has 2 aromatic heterocycles. The summed E-state index contributed by atoms with van der Waals surface area (Å²) >= 11 is 0. The molecule has 9 heteroatoms. The Kier molecular flexibility index (Phi) is 8.09. The zero-order valence-corrected chi connectivity index (χ0v) is 22.6. The van der Waals surface area contributed by atoms with Crippen LogP contribution < -0.4 is 5.32 Å². The Balaban J connectivity index is 1.34. The monoisotopic (exact) mass is 503 g/mol. The van der Waals surface area contributed by atoms with E-state index in [4.69, 9.17) is 9.47 Å². The summed E-state index contributed by atoms with van der Waals surface area (Å²) in [7, 11) is 0. The van der Waals surface area contributed by atoms with E-state index >= 15 is 0 Å². The number of amides is 1. The molecule has 2 aliphatic rings. The molecule has 2 saturated heterocycles. The van der Waals surface area contributed by atoms with Crippen molar-refractivity contribution in [3.8, 4) is 0 Å². The number of anilines is 1. The first-order valence-electron chi connectivity index (χ1n) is 13.2. The molecule has 0 aliphatic carbocycles. The summed E-state index contributed by atoms with van der Waals surface area (Å²) in [5.41, 5.74) is 2.98. The molecule has 2 aliphatic heterocycles. The standard InChI is InChI=1S/C27H42FN5O3/c1-18(2)24-14-29-25-23(13-20(19(3)28)15-33(24)25)30-21-7-9-31(10-8-21)16-22-17-32(11-12-35-22)26(34)36-27(4,5)6/h13-15,18-19,21-22,30H,7-12,16-17H2,1-6H3/t19?,22-/m1/s1. The predicted octanol–water partition coefficient (Wildman–Crippen LogP) is 5.00. The molecule has 0 radical (unpaired) electrons. The Morgan fingerprint density at radius 2 is 1.97 bits per heavy atom. The van der Waals surface area contributed by atoms with E-state index in [1.54, 1.807) is 11.8 Å². The number of halogens is 1. The lowest BCUT2D eigenvalue weighted by molar-refractivity contribution is -0.0538. The Morgan fingerprint density at radius 1 is 1.25 bits per heavy atom. The normalized spacial score (nSPS) is 21.2. The van der Waals surface area contributed by atoms with Crippen molar-refractivity contribution in [3.63, 3.8) is 0 Å². The molecule has 4 rings (SSSR count). The minimum Gasteiger partial charge on any atom is -0.444 e. The van der Waals surface area contributed by atoms with Crippen LogP contribution in [0, 0.1) is 0 Å². The van der Waals surface area contributed by atoms with Gasteiger partial charge < -0.3 is 29.0 Å². The van der Waals surface area contributed by atoms with Crippen molar-refractivity contribution < 1.29 is 18.7 Å². The van der Waals surface area contributed by atoms with Gasteiger partial charge in [-0.1, -0.05) is 13.8 Å². The summed E-state index contributed by atoms with van der Waals surface area (Å²) in [5, 5.41) is 3.66. The quantitative estimate of drug-likeness (QED) is 0.598. The van der Waals surface area contributed by atoms with Gasteiger partial charge >= 0.3 is 6.09 Å². The number of pyridine rings is 1. The van der Waals surface area contributed by atoms with E-state index in [1.165, 1.54) is 0 Å². The van der Waals surface area contributed by atoms with Crippen LogP contribution in [0.25, 0.3) is 5.65 Å². The average Bonchev–Trinajstić information content (AvgIpc) is 3.24. The Morgan fingerprint density at radius 3 is 2.61 bits per heavy atom. The van der Waals surface area contributed by atoms with Crippen molar-refractivity contribution >= 4 is 17.4 Å². The van der Waals surface area contributed by atoms with Crippen molar-refractivity contribution in [2.45, 2.75) is 84.2 Å². The highest BCUT2D eigenvalue weighted by molar-refractivity contribution is 5.70. The smallest absolute Gasteiger partial charge is 0.410 e. The molecule has 200 valence electrons. The number of hydrogen-bond acceptors (Lipinski definition) is 6. The van der Waals surface area contributed by atoms with Gasteiger partial charge in [-0.25, -0.2) is 14.2 Å². The van der Waals surface area contributed by atoms with E-state index in [0.29, 0.717) is 37.2 Å². The summed E-state index contributed by atoms with van der Waals surface area (Å²) in [6.07, 6.45) is 4.39. The van der Waals surface area contributed by atoms with E-state index in [1.807, 2.05) is 43.6 Å². The van der Waals surface area contributed by atoms with Crippen LogP contribution in [0.1, 0.15) is 77.7 Å². The van der Waals surface area contributed by atoms with Crippen LogP contribution in [0.2, 0.25) is 0 Å². The number of fused-ring (bicyclic) bond motifs is 1. The highest BCUT2D eigenvalue weighted by atomic mass is 19.1. The minimum atomic E-state index is -1.05. The molecule has 2 aromatic rings. The van der Waals surface area contributed by atoms with E-state index in [0.717, 1.165) is 49.5 Å². The van der Waals surface area contributed by atoms with Crippen molar-refractivity contribution in [2.75, 3.05) is 44.6 Å². The second-order valence-electron chi connectivity index (χ2n) is 11.5. The number of imidazole rings is 1. The van der Waals surface area contributed by atoms with E-state index < -0.39 is 11.8 Å². The van der Waals surface area contributed by atoms with Crippen LogP contribution >= 0.6 is 0 Å². The maximum atomic E-state index is 14.3. The zero-order valence-electron chi connectivity index (χ0n) is 22.6. The van der Waals surface area contributed by atoms with Crippen LogP contribution in [0.4, 0.5) is 14.9 Å². The van der Waals surface area contributed by atoms with Gasteiger partial charge in [-0.3, -0.25) is 0 Å². The summed E-state index contributed by atoms with van der Waals surface area (Å²) in [6, 6.07) is 2.20. The van der Waals surface area contributed by atoms with Crippen LogP contribution in [-0.4, -0.2) is 82.4 Å². The first kappa shape index (κ1) is 26.7. The van der Waals surface area contributed by atoms with Crippen molar-refractivity contribution in [2.24, 2.45) is 0 Å². The van der Waals surface area contributed by atoms with Crippen LogP contribution in [0.15, 0.2) is 18.5 Å². The molecule has 8 nitrogen and oxygen atoms in total. The number of ether oxygens (including phenoxy) is 2. The van der Waals surface area contributed by atoms with Gasteiger partial charge in [0.05, 0.1) is 24.9 Å². The third-order valence-corrected chi connectivity index (χ3v) is 6.91. The molecule has 1 amide bonds. The second kappa shape index (κ2) is 10.9. The van der Waals surface area contributed by atoms with Crippen LogP contribution in [0.5, 0.6) is 0 Å². The first-order valence-corrected chi connectivity index (χ1v) is 13.2. The molecule has 1 unspecified atom stereocenters. The van der Waals surface area contributed by atoms with Gasteiger partial charge in [0, 0.05) is 55.9 Å². The molecule has 2 atom stereocenters. The fourth-order valence-electron chi connectivity index (χ4n) is 4.97. The van der Waals surface area contributed by atoms with E-state index in [9.17, 15) is 9.18 Å². The molecule has 0 saturated carbocycles. The first-order chi connectivity index (χ1) is 17.0. The van der Waals surface area contributed by atoms with Crippen LogP contribution in [0.3, 0.4) is 0 Å². The van der Waals surface area contributed by atoms with Gasteiger partial charge in [0.1, 0.15) is 11.8 Å². The van der Waals surface area contributed by atoms with Gasteiger partial charge in [-0.15, -0.1) is 0 Å². The summed E-state index contributed by atoms with van der Waals surface area (Å²) < 4.78 is 27.8. The molecule has 36 heavy (non-hydrogen) atoms. The van der Waals surface area contributed by atoms with Gasteiger partial charge in [0.25, 0.3) is 0 Å². The zero-order chi connectivity index (χ0) is 26.0. The molecule has 0 spiro atoms. The number of rotatable bonds is 6. The lowest BCUT2D eigenvalue weighted by atomic mass is 10.0. The summed E-state index contributed by atoms with van der Waals surface area (Å²) in [6.45, 7) is 15.8. The third-order valence-electron chi connectivity index (χ3n) is 6.91. The van der Waals surface area contributed by atoms with Crippen molar-refractivity contribution in [1.29, 1.82) is 0 Å². The Labute approximate surface area is 214 Å². The lowest BCUT2D eigenvalue weighted by Crippen LogP contribution is -2.52. The summed E-state index contributed by atoms with van der Waals surface area (Å²) in [4.78, 5) is 21.3. The van der Waals surface area contributed by atoms with Crippen molar-refractivity contribution in [1.82, 2.24) is 19.2 Å². The number of piperidine rings is 1. The predicted molar refractivity (Wildman–Crippen MR) is 139 cm³/mol. The number of hydrogen-bond donors (Lipinski definition) is 1. The second-order valence-corrected chi connectivity index (χ2v) is 11.5. The number of nitrogens with one attached hydrogen (secondary N) is 1. The fourth-order valence-corrected chi connectivity index (χ4v) is 4.97. The molecule has 4 heterocycles.